The van der Waals surface area contributed by atoms with Crippen LogP contribution in [0.1, 0.15) is 11.3 Å². The van der Waals surface area contributed by atoms with Gasteiger partial charge < -0.3 is 10.5 Å². The number of carbonyl (C=O) groups excluding carboxylic acids is 1. The fraction of sp³-hybridized carbons (Fsp3) is 0.615. The summed E-state index contributed by atoms with van der Waals surface area (Å²) in [6.45, 7) is 2.07. The average Bonchev–Trinajstić information content (AvgIpc) is 2.80. The van der Waals surface area contributed by atoms with Gasteiger partial charge in [0, 0.05) is 24.0 Å². The molecule has 0 bridgehead atoms. The minimum atomic E-state index is -0.182. The molecular weight excluding hydrogens is 248 g/mol. The first kappa shape index (κ1) is 13.5. The van der Waals surface area contributed by atoms with Gasteiger partial charge in [-0.05, 0) is 30.2 Å². The van der Waals surface area contributed by atoms with E-state index >= 15 is 0 Å². The molecule has 2 rings (SSSR count). The molecular formula is C13H20N2O2S. The van der Waals surface area contributed by atoms with E-state index in [1.54, 1.807) is 11.3 Å². The average molecular weight is 268 g/mol. The summed E-state index contributed by atoms with van der Waals surface area (Å²) in [6, 6.07) is 4.40. The summed E-state index contributed by atoms with van der Waals surface area (Å²) < 4.78 is 4.71. The number of carbonyl (C=O) groups is 1. The standard InChI is InChI=1S/C13H20N2O2S/c1-17-13(16)9-15-7-10(5-11(14)8-15)6-12-3-2-4-18-12/h2-4,10-11H,5-9,14H2,1H3. The van der Waals surface area contributed by atoms with Gasteiger partial charge in [0.1, 0.15) is 0 Å². The van der Waals surface area contributed by atoms with E-state index in [1.807, 2.05) is 0 Å². The van der Waals surface area contributed by atoms with Crippen molar-refractivity contribution in [1.82, 2.24) is 4.90 Å². The van der Waals surface area contributed by atoms with Crippen molar-refractivity contribution in [3.05, 3.63) is 22.4 Å². The van der Waals surface area contributed by atoms with E-state index in [2.05, 4.69) is 22.4 Å². The summed E-state index contributed by atoms with van der Waals surface area (Å²) in [5, 5.41) is 2.10. The highest BCUT2D eigenvalue weighted by Crippen LogP contribution is 2.22. The smallest absolute Gasteiger partial charge is 0.319 e. The van der Waals surface area contributed by atoms with Crippen molar-refractivity contribution in [2.45, 2.75) is 18.9 Å². The quantitative estimate of drug-likeness (QED) is 0.831. The lowest BCUT2D eigenvalue weighted by Crippen LogP contribution is -2.49. The molecule has 2 unspecified atom stereocenters. The fourth-order valence-corrected chi connectivity index (χ4v) is 3.41. The Bertz CT molecular complexity index is 380. The van der Waals surface area contributed by atoms with Gasteiger partial charge in [-0.25, -0.2) is 0 Å². The Labute approximate surface area is 112 Å². The molecule has 0 aliphatic carbocycles. The lowest BCUT2D eigenvalue weighted by atomic mass is 9.91. The number of rotatable bonds is 4. The molecule has 0 amide bonds. The molecule has 0 radical (unpaired) electrons. The predicted molar refractivity (Wildman–Crippen MR) is 72.6 cm³/mol. The molecule has 1 aromatic rings. The van der Waals surface area contributed by atoms with Gasteiger partial charge in [-0.2, -0.15) is 0 Å². The molecule has 1 aliphatic heterocycles. The van der Waals surface area contributed by atoms with Crippen molar-refractivity contribution in [1.29, 1.82) is 0 Å². The summed E-state index contributed by atoms with van der Waals surface area (Å²) >= 11 is 1.79. The van der Waals surface area contributed by atoms with Gasteiger partial charge in [-0.15, -0.1) is 11.3 Å². The molecule has 1 aromatic heterocycles. The molecule has 0 saturated carbocycles. The van der Waals surface area contributed by atoms with Gasteiger partial charge >= 0.3 is 5.97 Å². The largest absolute Gasteiger partial charge is 0.468 e. The normalized spacial score (nSPS) is 25.0. The molecule has 100 valence electrons. The van der Waals surface area contributed by atoms with Crippen molar-refractivity contribution < 1.29 is 9.53 Å². The van der Waals surface area contributed by atoms with Crippen molar-refractivity contribution in [2.75, 3.05) is 26.7 Å². The minimum absolute atomic E-state index is 0.161. The molecule has 4 nitrogen and oxygen atoms in total. The van der Waals surface area contributed by atoms with Crippen LogP contribution >= 0.6 is 11.3 Å². The third-order valence-electron chi connectivity index (χ3n) is 3.30. The Morgan fingerprint density at radius 3 is 3.11 bits per heavy atom. The highest BCUT2D eigenvalue weighted by atomic mass is 32.1. The number of methoxy groups -OCH3 is 1. The monoisotopic (exact) mass is 268 g/mol. The van der Waals surface area contributed by atoms with Crippen molar-refractivity contribution in [3.8, 4) is 0 Å². The number of esters is 1. The molecule has 0 spiro atoms. The van der Waals surface area contributed by atoms with Gasteiger partial charge in [-0.1, -0.05) is 6.07 Å². The Kier molecular flexibility index (Phi) is 4.74. The molecule has 5 heteroatoms. The summed E-state index contributed by atoms with van der Waals surface area (Å²) in [6.07, 6.45) is 2.10. The highest BCUT2D eigenvalue weighted by Gasteiger charge is 2.26. The van der Waals surface area contributed by atoms with Crippen LogP contribution in [0.4, 0.5) is 0 Å². The van der Waals surface area contributed by atoms with Crippen LogP contribution in [0.15, 0.2) is 17.5 Å². The van der Waals surface area contributed by atoms with Crippen LogP contribution in [0.25, 0.3) is 0 Å². The maximum atomic E-state index is 11.3. The number of thiophene rings is 1. The number of nitrogens with zero attached hydrogens (tertiary/aromatic N) is 1. The molecule has 1 saturated heterocycles. The molecule has 2 heterocycles. The van der Waals surface area contributed by atoms with Gasteiger partial charge in [0.05, 0.1) is 13.7 Å². The van der Waals surface area contributed by atoms with E-state index < -0.39 is 0 Å². The van der Waals surface area contributed by atoms with E-state index in [0.29, 0.717) is 12.5 Å². The van der Waals surface area contributed by atoms with Crippen LogP contribution in [0.3, 0.4) is 0 Å². The highest BCUT2D eigenvalue weighted by molar-refractivity contribution is 7.09. The second kappa shape index (κ2) is 6.31. The third kappa shape index (κ3) is 3.80. The van der Waals surface area contributed by atoms with E-state index in [0.717, 1.165) is 25.9 Å². The van der Waals surface area contributed by atoms with Crippen LogP contribution < -0.4 is 5.73 Å². The first-order valence-corrected chi connectivity index (χ1v) is 7.12. The van der Waals surface area contributed by atoms with Crippen LogP contribution in [0.5, 0.6) is 0 Å². The lowest BCUT2D eigenvalue weighted by Gasteiger charge is -2.35. The summed E-state index contributed by atoms with van der Waals surface area (Å²) in [7, 11) is 1.43. The first-order valence-electron chi connectivity index (χ1n) is 6.24. The number of hydrogen-bond donors (Lipinski definition) is 1. The van der Waals surface area contributed by atoms with Gasteiger partial charge in [-0.3, -0.25) is 9.69 Å². The Balaban J connectivity index is 1.89. The molecule has 0 aromatic carbocycles. The zero-order valence-electron chi connectivity index (χ0n) is 10.7. The van der Waals surface area contributed by atoms with Crippen molar-refractivity contribution in [3.63, 3.8) is 0 Å². The summed E-state index contributed by atoms with van der Waals surface area (Å²) in [4.78, 5) is 14.8. The lowest BCUT2D eigenvalue weighted by molar-refractivity contribution is -0.142. The van der Waals surface area contributed by atoms with Crippen LogP contribution in [0, 0.1) is 5.92 Å². The zero-order chi connectivity index (χ0) is 13.0. The SMILES string of the molecule is COC(=O)CN1CC(N)CC(Cc2cccs2)C1. The predicted octanol–water partition coefficient (Wildman–Crippen LogP) is 1.11. The van der Waals surface area contributed by atoms with E-state index in [9.17, 15) is 4.79 Å². The van der Waals surface area contributed by atoms with Crippen LogP contribution in [-0.4, -0.2) is 43.7 Å². The number of likely N-dealkylation sites (tertiary alicyclic amines) is 1. The summed E-state index contributed by atoms with van der Waals surface area (Å²) in [5.41, 5.74) is 6.07. The molecule has 2 atom stereocenters. The maximum Gasteiger partial charge on any atom is 0.319 e. The van der Waals surface area contributed by atoms with Crippen molar-refractivity contribution in [2.24, 2.45) is 11.7 Å². The number of hydrogen-bond acceptors (Lipinski definition) is 5. The fourth-order valence-electron chi connectivity index (χ4n) is 2.59. The molecule has 1 aliphatic rings. The number of ether oxygens (including phenoxy) is 1. The minimum Gasteiger partial charge on any atom is -0.468 e. The Hall–Kier alpha value is -0.910. The van der Waals surface area contributed by atoms with Crippen molar-refractivity contribution >= 4 is 17.3 Å². The van der Waals surface area contributed by atoms with E-state index in [1.165, 1.54) is 12.0 Å². The Morgan fingerprint density at radius 1 is 1.61 bits per heavy atom. The van der Waals surface area contributed by atoms with Gasteiger partial charge in [0.25, 0.3) is 0 Å². The van der Waals surface area contributed by atoms with Crippen LogP contribution in [0.2, 0.25) is 0 Å². The van der Waals surface area contributed by atoms with Gasteiger partial charge in [0.15, 0.2) is 0 Å². The molecule has 18 heavy (non-hydrogen) atoms. The topological polar surface area (TPSA) is 55.6 Å². The summed E-state index contributed by atoms with van der Waals surface area (Å²) in [5.74, 6) is 0.357. The van der Waals surface area contributed by atoms with Crippen LogP contribution in [-0.2, 0) is 16.0 Å². The number of nitrogens with two attached hydrogens (primary N) is 1. The van der Waals surface area contributed by atoms with E-state index in [-0.39, 0.29) is 12.0 Å². The maximum absolute atomic E-state index is 11.3. The van der Waals surface area contributed by atoms with E-state index in [4.69, 9.17) is 10.5 Å². The first-order chi connectivity index (χ1) is 8.67. The number of piperidine rings is 1. The second-order valence-corrected chi connectivity index (χ2v) is 5.95. The zero-order valence-corrected chi connectivity index (χ0v) is 11.5. The molecule has 1 fully saturated rings. The Morgan fingerprint density at radius 2 is 2.44 bits per heavy atom. The third-order valence-corrected chi connectivity index (χ3v) is 4.19. The second-order valence-electron chi connectivity index (χ2n) is 4.92. The van der Waals surface area contributed by atoms with Gasteiger partial charge in [0.2, 0.25) is 0 Å². The molecule has 2 N–H and O–H groups in total.